The van der Waals surface area contributed by atoms with Crippen molar-refractivity contribution in [2.24, 2.45) is 5.10 Å². The Balaban J connectivity index is 1.54. The van der Waals surface area contributed by atoms with Gasteiger partial charge in [0.2, 0.25) is 0 Å². The molecule has 1 atom stereocenters. The fourth-order valence-corrected chi connectivity index (χ4v) is 2.44. The van der Waals surface area contributed by atoms with Gasteiger partial charge >= 0.3 is 0 Å². The number of phenols is 1. The monoisotopic (exact) mass is 360 g/mol. The maximum absolute atomic E-state index is 12.1. The number of hydrazone groups is 1. The number of hydrogen-bond acceptors (Lipinski definition) is 4. The first-order chi connectivity index (χ1) is 13.1. The summed E-state index contributed by atoms with van der Waals surface area (Å²) >= 11 is 0. The molecule has 3 rings (SSSR count). The normalized spacial score (nSPS) is 11.9. The van der Waals surface area contributed by atoms with Crippen molar-refractivity contribution in [3.8, 4) is 22.6 Å². The Labute approximate surface area is 157 Å². The van der Waals surface area contributed by atoms with Gasteiger partial charge in [-0.15, -0.1) is 0 Å². The van der Waals surface area contributed by atoms with E-state index in [1.807, 2.05) is 54.6 Å². The fourth-order valence-electron chi connectivity index (χ4n) is 2.44. The van der Waals surface area contributed by atoms with Gasteiger partial charge in [-0.05, 0) is 60.0 Å². The van der Waals surface area contributed by atoms with Gasteiger partial charge in [-0.1, -0.05) is 42.5 Å². The quantitative estimate of drug-likeness (QED) is 0.516. The lowest BCUT2D eigenvalue weighted by Crippen LogP contribution is -2.33. The van der Waals surface area contributed by atoms with Crippen LogP contribution >= 0.6 is 0 Å². The predicted octanol–water partition coefficient (Wildman–Crippen LogP) is 3.98. The van der Waals surface area contributed by atoms with Crippen molar-refractivity contribution in [3.63, 3.8) is 0 Å². The molecule has 0 fully saturated rings. The number of aromatic hydroxyl groups is 1. The van der Waals surface area contributed by atoms with Crippen molar-refractivity contribution < 1.29 is 14.6 Å². The predicted molar refractivity (Wildman–Crippen MR) is 106 cm³/mol. The summed E-state index contributed by atoms with van der Waals surface area (Å²) in [4.78, 5) is 12.1. The highest BCUT2D eigenvalue weighted by Crippen LogP contribution is 2.22. The van der Waals surface area contributed by atoms with Crippen molar-refractivity contribution in [1.82, 2.24) is 5.43 Å². The van der Waals surface area contributed by atoms with Crippen molar-refractivity contribution in [1.29, 1.82) is 0 Å². The molecule has 0 aliphatic rings. The summed E-state index contributed by atoms with van der Waals surface area (Å²) in [5, 5.41) is 13.1. The molecule has 0 radical (unpaired) electrons. The maximum Gasteiger partial charge on any atom is 0.280 e. The average molecular weight is 360 g/mol. The number of nitrogens with zero attached hydrogens (tertiary/aromatic N) is 1. The molecule has 0 spiro atoms. The maximum atomic E-state index is 12.1. The topological polar surface area (TPSA) is 70.9 Å². The standard InChI is InChI=1S/C22H20N2O3/c1-16(22(26)24-23-15-17-7-11-20(25)12-8-17)27-21-13-9-19(10-14-21)18-5-3-2-4-6-18/h2-16,25H,1H3,(H,24,26)/b23-15-/t16-/m0/s1. The smallest absolute Gasteiger partial charge is 0.280 e. The molecular weight excluding hydrogens is 340 g/mol. The van der Waals surface area contributed by atoms with E-state index in [1.165, 1.54) is 6.21 Å². The van der Waals surface area contributed by atoms with E-state index in [1.54, 1.807) is 31.2 Å². The molecule has 0 aromatic heterocycles. The molecule has 27 heavy (non-hydrogen) atoms. The Hall–Kier alpha value is -3.60. The van der Waals surface area contributed by atoms with Crippen LogP contribution in [0.1, 0.15) is 12.5 Å². The summed E-state index contributed by atoms with van der Waals surface area (Å²) in [5.41, 5.74) is 5.41. The second-order valence-corrected chi connectivity index (χ2v) is 5.98. The van der Waals surface area contributed by atoms with Gasteiger partial charge in [0, 0.05) is 0 Å². The molecule has 0 saturated heterocycles. The number of nitrogens with one attached hydrogen (secondary N) is 1. The first kappa shape index (κ1) is 18.2. The number of amides is 1. The molecule has 136 valence electrons. The average Bonchev–Trinajstić information content (AvgIpc) is 2.70. The molecule has 0 aliphatic heterocycles. The minimum atomic E-state index is -0.690. The van der Waals surface area contributed by atoms with E-state index in [0.29, 0.717) is 5.75 Å². The third-order valence-electron chi connectivity index (χ3n) is 3.92. The summed E-state index contributed by atoms with van der Waals surface area (Å²) in [6.45, 7) is 1.66. The van der Waals surface area contributed by atoms with Crippen LogP contribution in [0.5, 0.6) is 11.5 Å². The van der Waals surface area contributed by atoms with Crippen molar-refractivity contribution in [2.45, 2.75) is 13.0 Å². The third-order valence-corrected chi connectivity index (χ3v) is 3.92. The minimum Gasteiger partial charge on any atom is -0.508 e. The molecule has 0 aliphatic carbocycles. The molecule has 0 bridgehead atoms. The minimum absolute atomic E-state index is 0.177. The highest BCUT2D eigenvalue weighted by molar-refractivity contribution is 5.84. The van der Waals surface area contributed by atoms with E-state index >= 15 is 0 Å². The number of benzene rings is 3. The van der Waals surface area contributed by atoms with E-state index in [9.17, 15) is 9.90 Å². The highest BCUT2D eigenvalue weighted by atomic mass is 16.5. The Kier molecular flexibility index (Phi) is 5.84. The van der Waals surface area contributed by atoms with Crippen LogP contribution in [0.3, 0.4) is 0 Å². The van der Waals surface area contributed by atoms with Crippen LogP contribution in [0.15, 0.2) is 84.0 Å². The second-order valence-electron chi connectivity index (χ2n) is 5.98. The van der Waals surface area contributed by atoms with Gasteiger partial charge in [0.15, 0.2) is 6.10 Å². The van der Waals surface area contributed by atoms with Crippen LogP contribution in [0.4, 0.5) is 0 Å². The molecule has 3 aromatic carbocycles. The number of ether oxygens (including phenoxy) is 1. The lowest BCUT2D eigenvalue weighted by molar-refractivity contribution is -0.127. The summed E-state index contributed by atoms with van der Waals surface area (Å²) in [7, 11) is 0. The van der Waals surface area contributed by atoms with E-state index in [2.05, 4.69) is 10.5 Å². The molecule has 0 unspecified atom stereocenters. The second kappa shape index (κ2) is 8.67. The van der Waals surface area contributed by atoms with Gasteiger partial charge in [-0.2, -0.15) is 5.10 Å². The zero-order valence-corrected chi connectivity index (χ0v) is 14.9. The fraction of sp³-hybridized carbons (Fsp3) is 0.0909. The molecule has 1 amide bonds. The molecule has 3 aromatic rings. The summed E-state index contributed by atoms with van der Waals surface area (Å²) in [5.74, 6) is 0.438. The van der Waals surface area contributed by atoms with Crippen molar-refractivity contribution in [2.75, 3.05) is 0 Å². The summed E-state index contributed by atoms with van der Waals surface area (Å²) < 4.78 is 5.67. The van der Waals surface area contributed by atoms with Crippen LogP contribution in [-0.4, -0.2) is 23.3 Å². The van der Waals surface area contributed by atoms with Gasteiger partial charge in [-0.3, -0.25) is 4.79 Å². The van der Waals surface area contributed by atoms with Crippen LogP contribution in [-0.2, 0) is 4.79 Å². The summed E-state index contributed by atoms with van der Waals surface area (Å²) in [6.07, 6.45) is 0.808. The van der Waals surface area contributed by atoms with Crippen LogP contribution in [0, 0.1) is 0 Å². The summed E-state index contributed by atoms with van der Waals surface area (Å²) in [6, 6.07) is 24.1. The van der Waals surface area contributed by atoms with Gasteiger partial charge in [0.25, 0.3) is 5.91 Å². The molecule has 2 N–H and O–H groups in total. The largest absolute Gasteiger partial charge is 0.508 e. The van der Waals surface area contributed by atoms with E-state index in [4.69, 9.17) is 4.74 Å². The van der Waals surface area contributed by atoms with Crippen molar-refractivity contribution in [3.05, 3.63) is 84.4 Å². The van der Waals surface area contributed by atoms with Gasteiger partial charge in [0.05, 0.1) is 6.21 Å². The Morgan fingerprint density at radius 3 is 2.26 bits per heavy atom. The number of carbonyl (C=O) groups excluding carboxylic acids is 1. The molecule has 5 nitrogen and oxygen atoms in total. The van der Waals surface area contributed by atoms with Crippen LogP contribution < -0.4 is 10.2 Å². The Bertz CT molecular complexity index is 905. The van der Waals surface area contributed by atoms with Crippen LogP contribution in [0.2, 0.25) is 0 Å². The Morgan fingerprint density at radius 2 is 1.59 bits per heavy atom. The first-order valence-corrected chi connectivity index (χ1v) is 8.56. The molecule has 0 saturated carbocycles. The number of hydrogen-bond donors (Lipinski definition) is 2. The van der Waals surface area contributed by atoms with Crippen LogP contribution in [0.25, 0.3) is 11.1 Å². The highest BCUT2D eigenvalue weighted by Gasteiger charge is 2.13. The van der Waals surface area contributed by atoms with E-state index < -0.39 is 6.10 Å². The SMILES string of the molecule is C[C@H](Oc1ccc(-c2ccccc2)cc1)C(=O)N/N=C\c1ccc(O)cc1. The van der Waals surface area contributed by atoms with E-state index in [0.717, 1.165) is 16.7 Å². The third kappa shape index (κ3) is 5.19. The zero-order valence-electron chi connectivity index (χ0n) is 14.9. The number of carbonyl (C=O) groups is 1. The first-order valence-electron chi connectivity index (χ1n) is 8.56. The molecule has 5 heteroatoms. The van der Waals surface area contributed by atoms with E-state index in [-0.39, 0.29) is 11.7 Å². The molecular formula is C22H20N2O3. The van der Waals surface area contributed by atoms with Crippen molar-refractivity contribution >= 4 is 12.1 Å². The Morgan fingerprint density at radius 1 is 0.963 bits per heavy atom. The molecule has 0 heterocycles. The lowest BCUT2D eigenvalue weighted by atomic mass is 10.1. The van der Waals surface area contributed by atoms with Gasteiger partial charge in [0.1, 0.15) is 11.5 Å². The van der Waals surface area contributed by atoms with Gasteiger partial charge in [-0.25, -0.2) is 5.43 Å². The lowest BCUT2D eigenvalue weighted by Gasteiger charge is -2.13. The van der Waals surface area contributed by atoms with Gasteiger partial charge < -0.3 is 9.84 Å². The number of phenolic OH excluding ortho intramolecular Hbond substituents is 1. The number of rotatable bonds is 6. The zero-order chi connectivity index (χ0) is 19.1.